The number of amides is 1. The van der Waals surface area contributed by atoms with E-state index in [1.54, 1.807) is 13.0 Å². The highest BCUT2D eigenvalue weighted by Gasteiger charge is 2.12. The van der Waals surface area contributed by atoms with E-state index in [1.165, 1.54) is 0 Å². The minimum atomic E-state index is -2.73. The predicted octanol–water partition coefficient (Wildman–Crippen LogP) is 1.56. The average Bonchev–Trinajstić information content (AvgIpc) is 2.86. The van der Waals surface area contributed by atoms with E-state index in [0.717, 1.165) is 18.1 Å². The van der Waals surface area contributed by atoms with Crippen molar-refractivity contribution in [3.8, 4) is 0 Å². The van der Waals surface area contributed by atoms with Crippen molar-refractivity contribution >= 4 is 11.6 Å². The van der Waals surface area contributed by atoms with Crippen LogP contribution in [0.3, 0.4) is 0 Å². The number of carbonyl (C=O) groups excluding carboxylic acids is 1. The van der Waals surface area contributed by atoms with Gasteiger partial charge in [0.2, 0.25) is 0 Å². The Morgan fingerprint density at radius 1 is 1.59 bits per heavy atom. The molecule has 0 saturated heterocycles. The summed E-state index contributed by atoms with van der Waals surface area (Å²) in [6.45, 7) is -0.980. The monoisotopic (exact) mass is 241 g/mol. The highest BCUT2D eigenvalue weighted by Crippen LogP contribution is 2.13. The van der Waals surface area contributed by atoms with E-state index in [4.69, 9.17) is 0 Å². The average molecular weight is 241 g/mol. The molecule has 0 aromatic carbocycles. The quantitative estimate of drug-likeness (QED) is 0.856. The number of carbonyl (C=O) groups is 1. The van der Waals surface area contributed by atoms with Crippen LogP contribution in [0.5, 0.6) is 0 Å². The van der Waals surface area contributed by atoms with Crippen LogP contribution < -0.4 is 5.32 Å². The van der Waals surface area contributed by atoms with Gasteiger partial charge in [0.25, 0.3) is 5.91 Å². The number of halogens is 2. The summed E-state index contributed by atoms with van der Waals surface area (Å²) in [5.41, 5.74) is 1.11. The second-order valence-corrected chi connectivity index (χ2v) is 3.38. The number of hydrogen-bond donors (Lipinski definition) is 2. The van der Waals surface area contributed by atoms with Crippen molar-refractivity contribution in [3.63, 3.8) is 0 Å². The molecule has 0 atom stereocenters. The van der Waals surface area contributed by atoms with Crippen LogP contribution in [0.15, 0.2) is 18.5 Å². The lowest BCUT2D eigenvalue weighted by molar-refractivity contribution is 0.0566. The summed E-state index contributed by atoms with van der Waals surface area (Å²) in [4.78, 5) is 11.6. The standard InChI is InChI=1S/C9H9F2N5O/c1-5-2-7(15-14-5)8(17)13-6-3-12-16(4-6)9(10)11/h2-4,9H,1H3,(H,13,17)(H,14,15). The molecule has 17 heavy (non-hydrogen) atoms. The number of hydrogen-bond acceptors (Lipinski definition) is 3. The van der Waals surface area contributed by atoms with Crippen LogP contribution in [0.4, 0.5) is 14.5 Å². The SMILES string of the molecule is Cc1cc(C(=O)Nc2cnn(C(F)F)c2)n[nH]1. The van der Waals surface area contributed by atoms with Crippen LogP contribution in [0.1, 0.15) is 22.7 Å². The molecule has 0 saturated carbocycles. The zero-order chi connectivity index (χ0) is 12.4. The third kappa shape index (κ3) is 2.47. The molecule has 6 nitrogen and oxygen atoms in total. The Balaban J connectivity index is 2.07. The molecule has 90 valence electrons. The molecule has 2 aromatic heterocycles. The molecule has 2 rings (SSSR count). The number of aromatic nitrogens is 4. The minimum absolute atomic E-state index is 0.187. The maximum absolute atomic E-state index is 12.2. The van der Waals surface area contributed by atoms with Gasteiger partial charge in [-0.05, 0) is 13.0 Å². The number of aromatic amines is 1. The number of alkyl halides is 2. The van der Waals surface area contributed by atoms with E-state index in [2.05, 4.69) is 20.6 Å². The summed E-state index contributed by atoms with van der Waals surface area (Å²) in [5.74, 6) is -0.483. The molecule has 0 fully saturated rings. The largest absolute Gasteiger partial charge is 0.333 e. The molecule has 0 spiro atoms. The van der Waals surface area contributed by atoms with Crippen LogP contribution >= 0.6 is 0 Å². The van der Waals surface area contributed by atoms with Gasteiger partial charge in [-0.3, -0.25) is 9.89 Å². The first-order valence-electron chi connectivity index (χ1n) is 4.72. The number of nitrogens with zero attached hydrogens (tertiary/aromatic N) is 3. The fourth-order valence-corrected chi connectivity index (χ4v) is 1.24. The summed E-state index contributed by atoms with van der Waals surface area (Å²) >= 11 is 0. The van der Waals surface area contributed by atoms with Crippen molar-refractivity contribution in [2.45, 2.75) is 13.5 Å². The van der Waals surface area contributed by atoms with Crippen LogP contribution in [0, 0.1) is 6.92 Å². The number of anilines is 1. The van der Waals surface area contributed by atoms with Crippen LogP contribution in [-0.4, -0.2) is 25.9 Å². The molecule has 2 aromatic rings. The molecule has 0 bridgehead atoms. The van der Waals surface area contributed by atoms with Gasteiger partial charge < -0.3 is 5.32 Å². The molecule has 0 aliphatic heterocycles. The number of rotatable bonds is 3. The Hall–Kier alpha value is -2.25. The zero-order valence-electron chi connectivity index (χ0n) is 8.82. The molecule has 2 heterocycles. The van der Waals surface area contributed by atoms with E-state index in [9.17, 15) is 13.6 Å². The predicted molar refractivity (Wildman–Crippen MR) is 54.8 cm³/mol. The van der Waals surface area contributed by atoms with Gasteiger partial charge in [0.15, 0.2) is 5.69 Å². The second-order valence-electron chi connectivity index (χ2n) is 3.38. The Morgan fingerprint density at radius 2 is 2.35 bits per heavy atom. The van der Waals surface area contributed by atoms with Crippen LogP contribution in [0.2, 0.25) is 0 Å². The lowest BCUT2D eigenvalue weighted by Crippen LogP contribution is -2.11. The van der Waals surface area contributed by atoms with Gasteiger partial charge in [0, 0.05) is 5.69 Å². The minimum Gasteiger partial charge on any atom is -0.318 e. The summed E-state index contributed by atoms with van der Waals surface area (Å²) in [6.07, 6.45) is 2.19. The normalized spacial score (nSPS) is 10.8. The molecule has 0 aliphatic rings. The molecule has 0 unspecified atom stereocenters. The highest BCUT2D eigenvalue weighted by atomic mass is 19.3. The van der Waals surface area contributed by atoms with E-state index >= 15 is 0 Å². The molecular weight excluding hydrogens is 232 g/mol. The Labute approximate surface area is 94.6 Å². The molecule has 0 radical (unpaired) electrons. The van der Waals surface area contributed by atoms with Crippen molar-refractivity contribution < 1.29 is 13.6 Å². The van der Waals surface area contributed by atoms with E-state index < -0.39 is 12.5 Å². The third-order valence-electron chi connectivity index (χ3n) is 2.00. The van der Waals surface area contributed by atoms with Crippen molar-refractivity contribution in [1.82, 2.24) is 20.0 Å². The fourth-order valence-electron chi connectivity index (χ4n) is 1.24. The summed E-state index contributed by atoms with van der Waals surface area (Å²) in [6, 6.07) is 1.55. The molecule has 2 N–H and O–H groups in total. The third-order valence-corrected chi connectivity index (χ3v) is 2.00. The van der Waals surface area contributed by atoms with Crippen molar-refractivity contribution in [2.75, 3.05) is 5.32 Å². The van der Waals surface area contributed by atoms with Gasteiger partial charge in [-0.25, -0.2) is 4.68 Å². The highest BCUT2D eigenvalue weighted by molar-refractivity contribution is 6.02. The van der Waals surface area contributed by atoms with Gasteiger partial charge in [0.1, 0.15) is 0 Å². The number of H-pyrrole nitrogens is 1. The summed E-state index contributed by atoms with van der Waals surface area (Å²) < 4.78 is 24.9. The molecule has 1 amide bonds. The Bertz CT molecular complexity index is 533. The number of nitrogens with one attached hydrogen (secondary N) is 2. The second kappa shape index (κ2) is 4.32. The first-order valence-corrected chi connectivity index (χ1v) is 4.72. The Kier molecular flexibility index (Phi) is 2.86. The van der Waals surface area contributed by atoms with Crippen LogP contribution in [-0.2, 0) is 0 Å². The van der Waals surface area contributed by atoms with E-state index in [0.29, 0.717) is 4.68 Å². The molecule has 0 aliphatic carbocycles. The summed E-state index contributed by atoms with van der Waals surface area (Å²) in [7, 11) is 0. The van der Waals surface area contributed by atoms with Gasteiger partial charge in [-0.15, -0.1) is 0 Å². The van der Waals surface area contributed by atoms with E-state index in [1.807, 2.05) is 0 Å². The zero-order valence-corrected chi connectivity index (χ0v) is 8.82. The van der Waals surface area contributed by atoms with Gasteiger partial charge in [0.05, 0.1) is 18.1 Å². The molecule has 8 heteroatoms. The maximum Gasteiger partial charge on any atom is 0.333 e. The smallest absolute Gasteiger partial charge is 0.318 e. The number of aryl methyl sites for hydroxylation is 1. The van der Waals surface area contributed by atoms with E-state index in [-0.39, 0.29) is 11.4 Å². The maximum atomic E-state index is 12.2. The fraction of sp³-hybridized carbons (Fsp3) is 0.222. The topological polar surface area (TPSA) is 75.6 Å². The first kappa shape index (κ1) is 11.2. The van der Waals surface area contributed by atoms with Crippen molar-refractivity contribution in [2.24, 2.45) is 0 Å². The van der Waals surface area contributed by atoms with Gasteiger partial charge >= 0.3 is 6.55 Å². The van der Waals surface area contributed by atoms with Gasteiger partial charge in [-0.2, -0.15) is 19.0 Å². The lowest BCUT2D eigenvalue weighted by Gasteiger charge is -1.98. The summed E-state index contributed by atoms with van der Waals surface area (Å²) in [5, 5.41) is 12.1. The van der Waals surface area contributed by atoms with Gasteiger partial charge in [-0.1, -0.05) is 0 Å². The Morgan fingerprint density at radius 3 is 2.88 bits per heavy atom. The molecular formula is C9H9F2N5O. The lowest BCUT2D eigenvalue weighted by atomic mass is 10.3. The van der Waals surface area contributed by atoms with Crippen molar-refractivity contribution in [1.29, 1.82) is 0 Å². The first-order chi connectivity index (χ1) is 8.06. The van der Waals surface area contributed by atoms with Crippen LogP contribution in [0.25, 0.3) is 0 Å². The van der Waals surface area contributed by atoms with Crippen molar-refractivity contribution in [3.05, 3.63) is 29.8 Å².